The van der Waals surface area contributed by atoms with Crippen molar-refractivity contribution in [3.63, 3.8) is 0 Å². The van der Waals surface area contributed by atoms with Crippen molar-refractivity contribution in [1.82, 2.24) is 9.62 Å². The topological polar surface area (TPSA) is 66.5 Å². The van der Waals surface area contributed by atoms with Crippen LogP contribution in [0, 0.1) is 0 Å². The van der Waals surface area contributed by atoms with Gasteiger partial charge < -0.3 is 5.32 Å². The molecule has 0 bridgehead atoms. The first-order valence-corrected chi connectivity index (χ1v) is 10.3. The number of carbonyl (C=O) groups excluding carboxylic acids is 1. The lowest BCUT2D eigenvalue weighted by Crippen LogP contribution is -2.49. The Labute approximate surface area is 148 Å². The zero-order valence-corrected chi connectivity index (χ0v) is 14.8. The van der Waals surface area contributed by atoms with Crippen molar-refractivity contribution in [1.29, 1.82) is 0 Å². The number of carbonyl (C=O) groups is 1. The molecule has 0 radical (unpaired) electrons. The zero-order valence-electron chi connectivity index (χ0n) is 13.2. The second kappa shape index (κ2) is 6.81. The van der Waals surface area contributed by atoms with Gasteiger partial charge in [-0.05, 0) is 42.5 Å². The van der Waals surface area contributed by atoms with E-state index in [1.54, 1.807) is 17.4 Å². The predicted octanol–water partition coefficient (Wildman–Crippen LogP) is 1.92. The Morgan fingerprint density at radius 2 is 2.00 bits per heavy atom. The van der Waals surface area contributed by atoms with E-state index in [2.05, 4.69) is 0 Å². The third kappa shape index (κ3) is 3.95. The number of amides is 1. The van der Waals surface area contributed by atoms with Crippen molar-refractivity contribution < 1.29 is 26.4 Å². The highest BCUT2D eigenvalue weighted by Gasteiger charge is 2.41. The second-order valence-corrected chi connectivity index (χ2v) is 8.92. The first kappa shape index (κ1) is 18.5. The van der Waals surface area contributed by atoms with Gasteiger partial charge in [-0.3, -0.25) is 4.79 Å². The molecular weight excluding hydrogens is 377 g/mol. The highest BCUT2D eigenvalue weighted by Crippen LogP contribution is 2.31. The third-order valence-corrected chi connectivity index (χ3v) is 7.31. The van der Waals surface area contributed by atoms with Gasteiger partial charge in [-0.1, -0.05) is 6.07 Å². The number of hydrogen-bond acceptors (Lipinski definition) is 4. The maximum absolute atomic E-state index is 12.9. The minimum atomic E-state index is -4.54. The van der Waals surface area contributed by atoms with Crippen LogP contribution < -0.4 is 5.32 Å². The Kier molecular flexibility index (Phi) is 5.04. The van der Waals surface area contributed by atoms with Gasteiger partial charge in [-0.15, -0.1) is 11.8 Å². The smallest absolute Gasteiger partial charge is 0.346 e. The minimum absolute atomic E-state index is 0.0452. The van der Waals surface area contributed by atoms with Gasteiger partial charge in [0, 0.05) is 5.75 Å². The normalized spacial score (nSPS) is 21.3. The van der Waals surface area contributed by atoms with Gasteiger partial charge in [0.15, 0.2) is 0 Å². The quantitative estimate of drug-likeness (QED) is 0.847. The number of aryl methyl sites for hydroxylation is 2. The van der Waals surface area contributed by atoms with Crippen molar-refractivity contribution in [3.05, 3.63) is 29.3 Å². The van der Waals surface area contributed by atoms with Gasteiger partial charge in [-0.2, -0.15) is 17.5 Å². The van der Waals surface area contributed by atoms with Crippen LogP contribution in [-0.2, 0) is 27.7 Å². The highest BCUT2D eigenvalue weighted by molar-refractivity contribution is 8.00. The molecule has 25 heavy (non-hydrogen) atoms. The van der Waals surface area contributed by atoms with Crippen molar-refractivity contribution in [2.45, 2.75) is 36.4 Å². The van der Waals surface area contributed by atoms with Crippen LogP contribution in [0.3, 0.4) is 0 Å². The average molecular weight is 394 g/mol. The molecule has 1 aromatic rings. The molecule has 1 aromatic carbocycles. The molecule has 2 aliphatic rings. The molecular formula is C15H17F3N2O3S2. The Hall–Kier alpha value is -1.26. The Bertz CT molecular complexity index is 781. The number of thioether (sulfide) groups is 1. The van der Waals surface area contributed by atoms with Crippen molar-refractivity contribution >= 4 is 27.7 Å². The molecule has 0 aromatic heterocycles. The lowest BCUT2D eigenvalue weighted by Gasteiger charge is -2.23. The highest BCUT2D eigenvalue weighted by atomic mass is 32.2. The fourth-order valence-corrected chi connectivity index (χ4v) is 6.22. The van der Waals surface area contributed by atoms with Crippen LogP contribution in [0.15, 0.2) is 23.1 Å². The number of fused-ring (bicyclic) bond motifs is 1. The van der Waals surface area contributed by atoms with Gasteiger partial charge in [-0.25, -0.2) is 8.42 Å². The number of hydrogen-bond donors (Lipinski definition) is 1. The maximum Gasteiger partial charge on any atom is 0.405 e. The van der Waals surface area contributed by atoms with E-state index in [1.165, 1.54) is 17.8 Å². The summed E-state index contributed by atoms with van der Waals surface area (Å²) in [5, 5.41) is 1.78. The Balaban J connectivity index is 1.80. The van der Waals surface area contributed by atoms with E-state index in [-0.39, 0.29) is 16.5 Å². The third-order valence-electron chi connectivity index (χ3n) is 4.28. The number of nitrogens with one attached hydrogen (secondary N) is 1. The van der Waals surface area contributed by atoms with Crippen LogP contribution in [0.25, 0.3) is 0 Å². The molecule has 138 valence electrons. The molecule has 1 heterocycles. The van der Waals surface area contributed by atoms with Crippen LogP contribution in [0.2, 0.25) is 0 Å². The summed E-state index contributed by atoms with van der Waals surface area (Å²) in [7, 11) is -3.94. The summed E-state index contributed by atoms with van der Waals surface area (Å²) in [4.78, 5) is 12.1. The largest absolute Gasteiger partial charge is 0.405 e. The molecule has 10 heteroatoms. The fourth-order valence-electron chi connectivity index (χ4n) is 3.02. The molecule has 1 saturated heterocycles. The number of rotatable bonds is 4. The summed E-state index contributed by atoms with van der Waals surface area (Å²) in [6.45, 7) is -1.47. The van der Waals surface area contributed by atoms with E-state index in [0.29, 0.717) is 0 Å². The number of sulfonamides is 1. The number of benzene rings is 1. The van der Waals surface area contributed by atoms with Gasteiger partial charge >= 0.3 is 6.18 Å². The van der Waals surface area contributed by atoms with E-state index in [4.69, 9.17) is 0 Å². The standard InChI is InChI=1S/C15H17F3N2O3S2/c16-15(17,18)8-19-14(21)13-7-24-9-20(13)25(22,23)12-5-4-10-2-1-3-11(10)6-12/h4-6,13H,1-3,7-9H2,(H,19,21)/t13-/m1/s1. The zero-order chi connectivity index (χ0) is 18.2. The average Bonchev–Trinajstić information content (AvgIpc) is 3.20. The monoisotopic (exact) mass is 394 g/mol. The summed E-state index contributed by atoms with van der Waals surface area (Å²) in [5.74, 6) is -0.746. The number of halogens is 3. The molecule has 0 spiro atoms. The Morgan fingerprint density at radius 1 is 1.28 bits per heavy atom. The van der Waals surface area contributed by atoms with E-state index >= 15 is 0 Å². The van der Waals surface area contributed by atoms with Crippen LogP contribution in [0.4, 0.5) is 13.2 Å². The molecule has 1 amide bonds. The van der Waals surface area contributed by atoms with Gasteiger partial charge in [0.05, 0.1) is 10.8 Å². The predicted molar refractivity (Wildman–Crippen MR) is 87.7 cm³/mol. The molecule has 5 nitrogen and oxygen atoms in total. The van der Waals surface area contributed by atoms with Crippen molar-refractivity contribution in [2.75, 3.05) is 18.2 Å². The summed E-state index contributed by atoms with van der Waals surface area (Å²) >= 11 is 1.20. The fraction of sp³-hybridized carbons (Fsp3) is 0.533. The number of alkyl halides is 3. The van der Waals surface area contributed by atoms with E-state index in [1.807, 2.05) is 0 Å². The minimum Gasteiger partial charge on any atom is -0.346 e. The lowest BCUT2D eigenvalue weighted by atomic mass is 10.1. The molecule has 1 aliphatic carbocycles. The van der Waals surface area contributed by atoms with Crippen LogP contribution in [-0.4, -0.2) is 49.0 Å². The first-order chi connectivity index (χ1) is 11.7. The lowest BCUT2D eigenvalue weighted by molar-refractivity contribution is -0.140. The maximum atomic E-state index is 12.9. The van der Waals surface area contributed by atoms with Crippen LogP contribution in [0.1, 0.15) is 17.5 Å². The summed E-state index contributed by atoms with van der Waals surface area (Å²) in [6.07, 6.45) is -1.84. The SMILES string of the molecule is O=C(NCC(F)(F)F)[C@H]1CSCN1S(=O)(=O)c1ccc2c(c1)CCC2. The Morgan fingerprint density at radius 3 is 2.72 bits per heavy atom. The summed E-state index contributed by atoms with van der Waals surface area (Å²) < 4.78 is 63.5. The molecule has 1 N–H and O–H groups in total. The molecule has 3 rings (SSSR count). The van der Waals surface area contributed by atoms with Gasteiger partial charge in [0.25, 0.3) is 0 Å². The first-order valence-electron chi connectivity index (χ1n) is 7.74. The van der Waals surface area contributed by atoms with Crippen molar-refractivity contribution in [2.24, 2.45) is 0 Å². The molecule has 0 unspecified atom stereocenters. The van der Waals surface area contributed by atoms with Crippen LogP contribution >= 0.6 is 11.8 Å². The van der Waals surface area contributed by atoms with Crippen LogP contribution in [0.5, 0.6) is 0 Å². The van der Waals surface area contributed by atoms with Gasteiger partial charge in [0.1, 0.15) is 12.6 Å². The van der Waals surface area contributed by atoms with Gasteiger partial charge in [0.2, 0.25) is 15.9 Å². The molecule has 1 fully saturated rings. The van der Waals surface area contributed by atoms with Crippen molar-refractivity contribution in [3.8, 4) is 0 Å². The molecule has 1 atom stereocenters. The summed E-state index contributed by atoms with van der Waals surface area (Å²) in [6, 6.07) is 3.76. The second-order valence-electron chi connectivity index (χ2n) is 6.02. The van der Waals surface area contributed by atoms with E-state index in [0.717, 1.165) is 34.7 Å². The van der Waals surface area contributed by atoms with E-state index < -0.39 is 34.7 Å². The number of nitrogens with zero attached hydrogens (tertiary/aromatic N) is 1. The van der Waals surface area contributed by atoms with E-state index in [9.17, 15) is 26.4 Å². The molecule has 1 aliphatic heterocycles. The summed E-state index contributed by atoms with van der Waals surface area (Å²) in [5.41, 5.74) is 2.10. The molecule has 0 saturated carbocycles.